The standard InChI is InChI=1S/C9H10N4O/c1-2-6(14)5-8-11-7-3-4-10-13-9(7)12-8/h3-4H,2,5H2,1H3,(H,11,12,13). The second-order valence-electron chi connectivity index (χ2n) is 3.02. The monoisotopic (exact) mass is 190 g/mol. The SMILES string of the molecule is CCC(=O)Cc1nc2nnccc2[nH]1. The van der Waals surface area contributed by atoms with Gasteiger partial charge in [-0.3, -0.25) is 4.79 Å². The van der Waals surface area contributed by atoms with Gasteiger partial charge in [-0.15, -0.1) is 5.10 Å². The largest absolute Gasteiger partial charge is 0.340 e. The van der Waals surface area contributed by atoms with E-state index < -0.39 is 0 Å². The lowest BCUT2D eigenvalue weighted by atomic mass is 10.2. The lowest BCUT2D eigenvalue weighted by Crippen LogP contribution is -2.01. The van der Waals surface area contributed by atoms with Crippen LogP contribution in [0.1, 0.15) is 19.2 Å². The first-order valence-corrected chi connectivity index (χ1v) is 4.47. The Morgan fingerprint density at radius 2 is 2.43 bits per heavy atom. The van der Waals surface area contributed by atoms with E-state index in [0.717, 1.165) is 5.52 Å². The van der Waals surface area contributed by atoms with Crippen molar-refractivity contribution in [3.8, 4) is 0 Å². The number of nitrogens with one attached hydrogen (secondary N) is 1. The quantitative estimate of drug-likeness (QED) is 0.779. The highest BCUT2D eigenvalue weighted by atomic mass is 16.1. The molecule has 0 spiro atoms. The number of Topliss-reactive ketones (excluding diaryl/α,β-unsaturated/α-hetero) is 1. The maximum Gasteiger partial charge on any atom is 0.199 e. The van der Waals surface area contributed by atoms with Crippen molar-refractivity contribution >= 4 is 16.9 Å². The zero-order valence-electron chi connectivity index (χ0n) is 7.82. The van der Waals surface area contributed by atoms with Crippen molar-refractivity contribution in [3.05, 3.63) is 18.1 Å². The summed E-state index contributed by atoms with van der Waals surface area (Å²) in [6, 6.07) is 1.79. The third kappa shape index (κ3) is 1.61. The zero-order chi connectivity index (χ0) is 9.97. The normalized spacial score (nSPS) is 10.6. The number of hydrogen-bond acceptors (Lipinski definition) is 4. The minimum atomic E-state index is 0.164. The van der Waals surface area contributed by atoms with Crippen molar-refractivity contribution in [2.45, 2.75) is 19.8 Å². The van der Waals surface area contributed by atoms with Crippen molar-refractivity contribution in [1.29, 1.82) is 0 Å². The molecule has 0 aliphatic rings. The summed E-state index contributed by atoms with van der Waals surface area (Å²) in [7, 11) is 0. The molecule has 0 saturated heterocycles. The van der Waals surface area contributed by atoms with Crippen LogP contribution in [0.2, 0.25) is 0 Å². The van der Waals surface area contributed by atoms with E-state index in [1.165, 1.54) is 0 Å². The fourth-order valence-electron chi connectivity index (χ4n) is 1.21. The summed E-state index contributed by atoms with van der Waals surface area (Å²) in [4.78, 5) is 18.3. The Morgan fingerprint density at radius 3 is 3.14 bits per heavy atom. The van der Waals surface area contributed by atoms with E-state index in [0.29, 0.717) is 24.3 Å². The third-order valence-corrected chi connectivity index (χ3v) is 1.98. The van der Waals surface area contributed by atoms with Crippen molar-refractivity contribution in [1.82, 2.24) is 20.2 Å². The maximum absolute atomic E-state index is 11.2. The second kappa shape index (κ2) is 3.53. The number of nitrogens with zero attached hydrogens (tertiary/aromatic N) is 3. The molecule has 0 aromatic carbocycles. The minimum Gasteiger partial charge on any atom is -0.340 e. The molecule has 0 bridgehead atoms. The average Bonchev–Trinajstić information content (AvgIpc) is 2.59. The minimum absolute atomic E-state index is 0.164. The number of fused-ring (bicyclic) bond motifs is 1. The van der Waals surface area contributed by atoms with Crippen molar-refractivity contribution < 1.29 is 4.79 Å². The molecule has 2 rings (SSSR count). The Morgan fingerprint density at radius 1 is 1.57 bits per heavy atom. The van der Waals surface area contributed by atoms with Crippen LogP contribution in [0.3, 0.4) is 0 Å². The number of carbonyl (C=O) groups excluding carboxylic acids is 1. The van der Waals surface area contributed by atoms with Gasteiger partial charge in [0.15, 0.2) is 5.65 Å². The molecule has 2 aromatic heterocycles. The Balaban J connectivity index is 2.31. The number of aromatic amines is 1. The van der Waals surface area contributed by atoms with Crippen LogP contribution in [0.15, 0.2) is 12.3 Å². The second-order valence-corrected chi connectivity index (χ2v) is 3.02. The van der Waals surface area contributed by atoms with Crippen LogP contribution >= 0.6 is 0 Å². The molecule has 0 fully saturated rings. The van der Waals surface area contributed by atoms with Crippen LogP contribution in [0.4, 0.5) is 0 Å². The van der Waals surface area contributed by atoms with Gasteiger partial charge in [-0.2, -0.15) is 5.10 Å². The van der Waals surface area contributed by atoms with Crippen LogP contribution in [0.25, 0.3) is 11.2 Å². The summed E-state index contributed by atoms with van der Waals surface area (Å²) < 4.78 is 0. The predicted octanol–water partition coefficient (Wildman–Crippen LogP) is 0.874. The van der Waals surface area contributed by atoms with Gasteiger partial charge >= 0.3 is 0 Å². The van der Waals surface area contributed by atoms with E-state index in [-0.39, 0.29) is 5.78 Å². The van der Waals surface area contributed by atoms with Gasteiger partial charge in [-0.25, -0.2) is 4.98 Å². The lowest BCUT2D eigenvalue weighted by molar-refractivity contribution is -0.118. The van der Waals surface area contributed by atoms with Crippen LogP contribution in [0.5, 0.6) is 0 Å². The first-order chi connectivity index (χ1) is 6.79. The molecule has 0 unspecified atom stereocenters. The first kappa shape index (κ1) is 8.80. The van der Waals surface area contributed by atoms with Gasteiger partial charge < -0.3 is 4.98 Å². The Bertz CT molecular complexity index is 430. The average molecular weight is 190 g/mol. The lowest BCUT2D eigenvalue weighted by Gasteiger charge is -1.90. The molecule has 14 heavy (non-hydrogen) atoms. The van der Waals surface area contributed by atoms with Gasteiger partial charge in [0.1, 0.15) is 11.6 Å². The number of carbonyl (C=O) groups is 1. The topological polar surface area (TPSA) is 71.5 Å². The maximum atomic E-state index is 11.2. The van der Waals surface area contributed by atoms with Crippen LogP contribution in [-0.2, 0) is 11.2 Å². The molecule has 5 heteroatoms. The molecule has 72 valence electrons. The van der Waals surface area contributed by atoms with Gasteiger partial charge in [0.05, 0.1) is 18.1 Å². The van der Waals surface area contributed by atoms with Gasteiger partial charge in [0.25, 0.3) is 0 Å². The Labute approximate surface area is 80.6 Å². The molecular weight excluding hydrogens is 180 g/mol. The first-order valence-electron chi connectivity index (χ1n) is 4.47. The molecule has 0 atom stereocenters. The smallest absolute Gasteiger partial charge is 0.199 e. The molecule has 2 heterocycles. The molecule has 2 aromatic rings. The van der Waals surface area contributed by atoms with Crippen molar-refractivity contribution in [3.63, 3.8) is 0 Å². The van der Waals surface area contributed by atoms with E-state index >= 15 is 0 Å². The number of rotatable bonds is 3. The number of ketones is 1. The highest BCUT2D eigenvalue weighted by molar-refractivity contribution is 5.80. The highest BCUT2D eigenvalue weighted by Crippen LogP contribution is 2.07. The number of imidazole rings is 1. The number of hydrogen-bond donors (Lipinski definition) is 1. The number of H-pyrrole nitrogens is 1. The number of aromatic nitrogens is 4. The van der Waals surface area contributed by atoms with E-state index in [1.807, 2.05) is 6.92 Å². The van der Waals surface area contributed by atoms with E-state index in [2.05, 4.69) is 20.2 Å². The summed E-state index contributed by atoms with van der Waals surface area (Å²) >= 11 is 0. The summed E-state index contributed by atoms with van der Waals surface area (Å²) in [6.45, 7) is 1.84. The summed E-state index contributed by atoms with van der Waals surface area (Å²) in [6.07, 6.45) is 2.46. The van der Waals surface area contributed by atoms with E-state index in [1.54, 1.807) is 12.3 Å². The van der Waals surface area contributed by atoms with Crippen LogP contribution in [-0.4, -0.2) is 25.9 Å². The molecule has 0 amide bonds. The summed E-state index contributed by atoms with van der Waals surface area (Å²) in [5.74, 6) is 0.823. The van der Waals surface area contributed by atoms with Crippen molar-refractivity contribution in [2.75, 3.05) is 0 Å². The van der Waals surface area contributed by atoms with E-state index in [4.69, 9.17) is 0 Å². The van der Waals surface area contributed by atoms with E-state index in [9.17, 15) is 4.79 Å². The van der Waals surface area contributed by atoms with Gasteiger partial charge in [-0.1, -0.05) is 6.92 Å². The van der Waals surface area contributed by atoms with Crippen molar-refractivity contribution in [2.24, 2.45) is 0 Å². The van der Waals surface area contributed by atoms with Crippen LogP contribution < -0.4 is 0 Å². The summed E-state index contributed by atoms with van der Waals surface area (Å²) in [5, 5.41) is 7.54. The molecule has 0 radical (unpaired) electrons. The fraction of sp³-hybridized carbons (Fsp3) is 0.333. The van der Waals surface area contributed by atoms with Gasteiger partial charge in [0.2, 0.25) is 0 Å². The van der Waals surface area contributed by atoms with Gasteiger partial charge in [-0.05, 0) is 6.07 Å². The molecule has 0 aliphatic heterocycles. The Hall–Kier alpha value is -1.78. The molecule has 0 saturated carbocycles. The Kier molecular flexibility index (Phi) is 2.22. The molecule has 5 nitrogen and oxygen atoms in total. The third-order valence-electron chi connectivity index (χ3n) is 1.98. The zero-order valence-corrected chi connectivity index (χ0v) is 7.82. The molecule has 0 aliphatic carbocycles. The molecular formula is C9H10N4O. The van der Waals surface area contributed by atoms with Crippen LogP contribution in [0, 0.1) is 0 Å². The fourth-order valence-corrected chi connectivity index (χ4v) is 1.21. The predicted molar refractivity (Wildman–Crippen MR) is 50.7 cm³/mol. The highest BCUT2D eigenvalue weighted by Gasteiger charge is 2.06. The molecule has 1 N–H and O–H groups in total. The van der Waals surface area contributed by atoms with Gasteiger partial charge in [0, 0.05) is 6.42 Å². The summed E-state index contributed by atoms with van der Waals surface area (Å²) in [5.41, 5.74) is 1.38.